The topological polar surface area (TPSA) is 44.7 Å². The Kier molecular flexibility index (Phi) is 8.03. The SMILES string of the molecule is CCCNC(C)(CO)CC(C)N1CCCC(OCC)C1. The maximum absolute atomic E-state index is 9.69. The normalized spacial score (nSPS) is 25.4. The lowest BCUT2D eigenvalue weighted by Crippen LogP contribution is -2.53. The van der Waals surface area contributed by atoms with Crippen molar-refractivity contribution in [2.75, 3.05) is 32.8 Å². The van der Waals surface area contributed by atoms with Crippen LogP contribution in [-0.4, -0.2) is 60.5 Å². The molecule has 1 aliphatic heterocycles. The lowest BCUT2D eigenvalue weighted by atomic mass is 9.92. The fourth-order valence-electron chi connectivity index (χ4n) is 3.14. The zero-order valence-corrected chi connectivity index (χ0v) is 13.8. The fraction of sp³-hybridized carbons (Fsp3) is 1.00. The molecule has 0 amide bonds. The Bertz CT molecular complexity index is 261. The van der Waals surface area contributed by atoms with Gasteiger partial charge in [-0.15, -0.1) is 0 Å². The molecule has 120 valence electrons. The van der Waals surface area contributed by atoms with E-state index in [1.165, 1.54) is 12.8 Å². The number of hydrogen-bond donors (Lipinski definition) is 2. The predicted octanol–water partition coefficient (Wildman–Crippen LogP) is 2.02. The van der Waals surface area contributed by atoms with Gasteiger partial charge in [0.05, 0.1) is 12.7 Å². The van der Waals surface area contributed by atoms with E-state index in [2.05, 4.69) is 37.9 Å². The molecule has 1 rings (SSSR count). The van der Waals surface area contributed by atoms with Crippen molar-refractivity contribution in [3.8, 4) is 0 Å². The van der Waals surface area contributed by atoms with E-state index in [0.29, 0.717) is 12.1 Å². The van der Waals surface area contributed by atoms with Crippen molar-refractivity contribution in [2.45, 2.75) is 71.1 Å². The molecule has 1 fully saturated rings. The predicted molar refractivity (Wildman–Crippen MR) is 84.1 cm³/mol. The Morgan fingerprint density at radius 2 is 2.20 bits per heavy atom. The highest BCUT2D eigenvalue weighted by Crippen LogP contribution is 2.21. The maximum Gasteiger partial charge on any atom is 0.0702 e. The van der Waals surface area contributed by atoms with Crippen LogP contribution in [0.1, 0.15) is 53.4 Å². The van der Waals surface area contributed by atoms with Gasteiger partial charge in [0.25, 0.3) is 0 Å². The number of ether oxygens (including phenoxy) is 1. The summed E-state index contributed by atoms with van der Waals surface area (Å²) in [6, 6.07) is 0.472. The molecule has 0 aromatic carbocycles. The van der Waals surface area contributed by atoms with Crippen molar-refractivity contribution in [1.82, 2.24) is 10.2 Å². The first kappa shape index (κ1) is 17.9. The van der Waals surface area contributed by atoms with E-state index < -0.39 is 0 Å². The molecule has 3 unspecified atom stereocenters. The number of hydrogen-bond acceptors (Lipinski definition) is 4. The number of nitrogens with one attached hydrogen (secondary N) is 1. The second-order valence-electron chi connectivity index (χ2n) is 6.41. The van der Waals surface area contributed by atoms with Gasteiger partial charge < -0.3 is 15.2 Å². The van der Waals surface area contributed by atoms with E-state index in [0.717, 1.165) is 39.1 Å². The minimum Gasteiger partial charge on any atom is -0.394 e. The van der Waals surface area contributed by atoms with Gasteiger partial charge in [0.2, 0.25) is 0 Å². The number of piperidine rings is 1. The quantitative estimate of drug-likeness (QED) is 0.681. The monoisotopic (exact) mass is 286 g/mol. The van der Waals surface area contributed by atoms with Gasteiger partial charge in [-0.3, -0.25) is 4.90 Å². The average Bonchev–Trinajstić information content (AvgIpc) is 2.46. The second-order valence-corrected chi connectivity index (χ2v) is 6.41. The van der Waals surface area contributed by atoms with E-state index in [1.807, 2.05) is 0 Å². The van der Waals surface area contributed by atoms with Crippen LogP contribution in [-0.2, 0) is 4.74 Å². The highest BCUT2D eigenvalue weighted by molar-refractivity contribution is 4.88. The zero-order chi connectivity index (χ0) is 15.0. The third-order valence-electron chi connectivity index (χ3n) is 4.33. The first-order chi connectivity index (χ1) is 9.54. The molecule has 0 bridgehead atoms. The molecule has 20 heavy (non-hydrogen) atoms. The Hall–Kier alpha value is -0.160. The van der Waals surface area contributed by atoms with Crippen LogP contribution in [0.2, 0.25) is 0 Å². The summed E-state index contributed by atoms with van der Waals surface area (Å²) in [5.74, 6) is 0. The van der Waals surface area contributed by atoms with Crippen LogP contribution in [0, 0.1) is 0 Å². The summed E-state index contributed by atoms with van der Waals surface area (Å²) in [6.07, 6.45) is 4.86. The molecular weight excluding hydrogens is 252 g/mol. The molecule has 3 atom stereocenters. The molecule has 1 heterocycles. The summed E-state index contributed by atoms with van der Waals surface area (Å²) in [6.45, 7) is 12.8. The lowest BCUT2D eigenvalue weighted by Gasteiger charge is -2.40. The molecule has 0 saturated carbocycles. The fourth-order valence-corrected chi connectivity index (χ4v) is 3.14. The minimum atomic E-state index is -0.173. The number of likely N-dealkylation sites (tertiary alicyclic amines) is 1. The smallest absolute Gasteiger partial charge is 0.0702 e. The summed E-state index contributed by atoms with van der Waals surface area (Å²) in [7, 11) is 0. The summed E-state index contributed by atoms with van der Waals surface area (Å²) in [4.78, 5) is 2.52. The molecule has 2 N–H and O–H groups in total. The van der Waals surface area contributed by atoms with Crippen LogP contribution < -0.4 is 5.32 Å². The third kappa shape index (κ3) is 5.68. The molecule has 0 radical (unpaired) electrons. The zero-order valence-electron chi connectivity index (χ0n) is 13.8. The molecule has 0 aromatic heterocycles. The molecule has 0 aromatic rings. The van der Waals surface area contributed by atoms with Crippen molar-refractivity contribution in [3.05, 3.63) is 0 Å². The van der Waals surface area contributed by atoms with E-state index in [9.17, 15) is 5.11 Å². The number of rotatable bonds is 9. The van der Waals surface area contributed by atoms with Gasteiger partial charge in [-0.1, -0.05) is 6.92 Å². The largest absolute Gasteiger partial charge is 0.394 e. The van der Waals surface area contributed by atoms with Crippen molar-refractivity contribution >= 4 is 0 Å². The van der Waals surface area contributed by atoms with Gasteiger partial charge in [-0.2, -0.15) is 0 Å². The molecule has 1 aliphatic rings. The Morgan fingerprint density at radius 1 is 1.45 bits per heavy atom. The van der Waals surface area contributed by atoms with Crippen LogP contribution in [0.25, 0.3) is 0 Å². The first-order valence-electron chi connectivity index (χ1n) is 8.26. The van der Waals surface area contributed by atoms with Crippen LogP contribution in [0.5, 0.6) is 0 Å². The standard InChI is InChI=1S/C16H34N2O2/c1-5-9-17-16(4,13-19)11-14(3)18-10-7-8-15(12-18)20-6-2/h14-15,17,19H,5-13H2,1-4H3. The Balaban J connectivity index is 2.48. The van der Waals surface area contributed by atoms with Gasteiger partial charge in [-0.25, -0.2) is 0 Å². The average molecular weight is 286 g/mol. The highest BCUT2D eigenvalue weighted by Gasteiger charge is 2.30. The van der Waals surface area contributed by atoms with Crippen LogP contribution in [0.3, 0.4) is 0 Å². The van der Waals surface area contributed by atoms with Gasteiger partial charge in [-0.05, 0) is 59.5 Å². The van der Waals surface area contributed by atoms with Gasteiger partial charge >= 0.3 is 0 Å². The molecule has 0 aliphatic carbocycles. The lowest BCUT2D eigenvalue weighted by molar-refractivity contribution is -0.0112. The number of nitrogens with zero attached hydrogens (tertiary/aromatic N) is 1. The summed E-state index contributed by atoms with van der Waals surface area (Å²) in [5.41, 5.74) is -0.173. The van der Waals surface area contributed by atoms with Crippen LogP contribution in [0.15, 0.2) is 0 Å². The summed E-state index contributed by atoms with van der Waals surface area (Å²) in [5, 5.41) is 13.2. The van der Waals surface area contributed by atoms with Gasteiger partial charge in [0.15, 0.2) is 0 Å². The Labute approximate surface area is 124 Å². The van der Waals surface area contributed by atoms with E-state index in [4.69, 9.17) is 4.74 Å². The molecule has 1 saturated heterocycles. The van der Waals surface area contributed by atoms with E-state index >= 15 is 0 Å². The third-order valence-corrected chi connectivity index (χ3v) is 4.33. The summed E-state index contributed by atoms with van der Waals surface area (Å²) >= 11 is 0. The minimum absolute atomic E-state index is 0.173. The van der Waals surface area contributed by atoms with E-state index in [-0.39, 0.29) is 12.1 Å². The number of aliphatic hydroxyl groups is 1. The molecule has 4 heteroatoms. The van der Waals surface area contributed by atoms with Crippen molar-refractivity contribution < 1.29 is 9.84 Å². The molecule has 0 spiro atoms. The van der Waals surface area contributed by atoms with Gasteiger partial charge in [0, 0.05) is 24.7 Å². The number of aliphatic hydroxyl groups excluding tert-OH is 1. The van der Waals surface area contributed by atoms with Crippen LogP contribution in [0.4, 0.5) is 0 Å². The second kappa shape index (κ2) is 8.98. The molecule has 4 nitrogen and oxygen atoms in total. The summed E-state index contributed by atoms with van der Waals surface area (Å²) < 4.78 is 5.78. The van der Waals surface area contributed by atoms with E-state index in [1.54, 1.807) is 0 Å². The maximum atomic E-state index is 9.69. The first-order valence-corrected chi connectivity index (χ1v) is 8.26. The Morgan fingerprint density at radius 3 is 2.80 bits per heavy atom. The molecular formula is C16H34N2O2. The van der Waals surface area contributed by atoms with Gasteiger partial charge in [0.1, 0.15) is 0 Å². The highest BCUT2D eigenvalue weighted by atomic mass is 16.5. The van der Waals surface area contributed by atoms with Crippen LogP contribution >= 0.6 is 0 Å². The van der Waals surface area contributed by atoms with Crippen molar-refractivity contribution in [3.63, 3.8) is 0 Å². The van der Waals surface area contributed by atoms with Crippen molar-refractivity contribution in [2.24, 2.45) is 0 Å². The van der Waals surface area contributed by atoms with Crippen molar-refractivity contribution in [1.29, 1.82) is 0 Å².